The number of nitrogens with zero attached hydrogens (tertiary/aromatic N) is 3. The molecule has 2 aromatic heterocycles. The molecule has 2 aromatic rings. The summed E-state index contributed by atoms with van der Waals surface area (Å²) in [6, 6.07) is 2.00. The molecule has 1 atom stereocenters. The molecule has 0 spiro atoms. The first kappa shape index (κ1) is 12.4. The van der Waals surface area contributed by atoms with Crippen molar-refractivity contribution in [3.8, 4) is 6.07 Å². The Morgan fingerprint density at radius 2 is 2.29 bits per heavy atom. The van der Waals surface area contributed by atoms with Crippen LogP contribution in [0.15, 0.2) is 5.38 Å². The Morgan fingerprint density at radius 3 is 2.88 bits per heavy atom. The van der Waals surface area contributed by atoms with Crippen molar-refractivity contribution in [1.82, 2.24) is 14.7 Å². The van der Waals surface area contributed by atoms with Gasteiger partial charge in [0, 0.05) is 17.1 Å². The fraction of sp³-hybridized carbons (Fsp3) is 0.455. The maximum atomic E-state index is 9.25. The van der Waals surface area contributed by atoms with Crippen LogP contribution in [-0.2, 0) is 0 Å². The molecule has 0 aromatic carbocycles. The van der Waals surface area contributed by atoms with Crippen LogP contribution < -0.4 is 5.32 Å². The standard InChI is InChI=1S/C11H13ClN4S/c1-6(2)14-8(4-13)9-10(12)15-11-16(9)7(3)5-17-11/h5-6,8,14H,1-3H3. The number of imidazole rings is 1. The quantitative estimate of drug-likeness (QED) is 0.931. The molecule has 2 heterocycles. The number of hydrogen-bond acceptors (Lipinski definition) is 4. The molecule has 17 heavy (non-hydrogen) atoms. The number of nitrogens with one attached hydrogen (secondary N) is 1. The fourth-order valence-corrected chi connectivity index (χ4v) is 2.95. The Kier molecular flexibility index (Phi) is 3.38. The average Bonchev–Trinajstić information content (AvgIpc) is 2.75. The van der Waals surface area contributed by atoms with E-state index in [1.54, 1.807) is 0 Å². The zero-order chi connectivity index (χ0) is 12.6. The zero-order valence-electron chi connectivity index (χ0n) is 9.86. The lowest BCUT2D eigenvalue weighted by Gasteiger charge is -2.14. The summed E-state index contributed by atoms with van der Waals surface area (Å²) >= 11 is 7.65. The van der Waals surface area contributed by atoms with Gasteiger partial charge in [0.25, 0.3) is 0 Å². The second-order valence-corrected chi connectivity index (χ2v) is 5.36. The number of hydrogen-bond donors (Lipinski definition) is 1. The minimum atomic E-state index is -0.439. The second-order valence-electron chi connectivity index (χ2n) is 4.17. The monoisotopic (exact) mass is 268 g/mol. The maximum absolute atomic E-state index is 9.25. The molecule has 0 aliphatic carbocycles. The Bertz CT molecular complexity index is 578. The lowest BCUT2D eigenvalue weighted by molar-refractivity contribution is 0.535. The number of rotatable bonds is 3. The normalized spacial score (nSPS) is 13.2. The van der Waals surface area contributed by atoms with Gasteiger partial charge in [-0.1, -0.05) is 11.6 Å². The molecule has 0 saturated carbocycles. The van der Waals surface area contributed by atoms with Crippen LogP contribution in [0.25, 0.3) is 4.96 Å². The molecule has 1 N–H and O–H groups in total. The summed E-state index contributed by atoms with van der Waals surface area (Å²) in [5.41, 5.74) is 1.78. The first-order valence-electron chi connectivity index (χ1n) is 5.32. The van der Waals surface area contributed by atoms with Gasteiger partial charge in [0.1, 0.15) is 6.04 Å². The van der Waals surface area contributed by atoms with Gasteiger partial charge in [-0.05, 0) is 20.8 Å². The second kappa shape index (κ2) is 4.65. The average molecular weight is 269 g/mol. The fourth-order valence-electron chi connectivity index (χ4n) is 1.76. The number of aromatic nitrogens is 2. The summed E-state index contributed by atoms with van der Waals surface area (Å²) in [5, 5.41) is 14.8. The van der Waals surface area contributed by atoms with Crippen molar-refractivity contribution >= 4 is 27.9 Å². The molecule has 0 aliphatic heterocycles. The minimum absolute atomic E-state index is 0.209. The minimum Gasteiger partial charge on any atom is -0.295 e. The van der Waals surface area contributed by atoms with Gasteiger partial charge in [0.2, 0.25) is 0 Å². The predicted octanol–water partition coefficient (Wildman–Crippen LogP) is 2.92. The van der Waals surface area contributed by atoms with Gasteiger partial charge in [-0.25, -0.2) is 4.98 Å². The molecule has 0 aliphatic rings. The van der Waals surface area contributed by atoms with Gasteiger partial charge in [-0.15, -0.1) is 11.3 Å². The third-order valence-corrected chi connectivity index (χ3v) is 3.65. The van der Waals surface area contributed by atoms with E-state index in [1.165, 1.54) is 11.3 Å². The molecular weight excluding hydrogens is 256 g/mol. The van der Waals surface area contributed by atoms with Crippen molar-refractivity contribution in [3.05, 3.63) is 21.9 Å². The number of halogens is 1. The molecule has 4 nitrogen and oxygen atoms in total. The largest absolute Gasteiger partial charge is 0.295 e. The van der Waals surface area contributed by atoms with Crippen LogP contribution in [0.3, 0.4) is 0 Å². The van der Waals surface area contributed by atoms with E-state index in [-0.39, 0.29) is 6.04 Å². The van der Waals surface area contributed by atoms with Gasteiger partial charge < -0.3 is 0 Å². The van der Waals surface area contributed by atoms with Gasteiger partial charge in [0.05, 0.1) is 11.8 Å². The summed E-state index contributed by atoms with van der Waals surface area (Å²) in [6.45, 7) is 5.97. The Morgan fingerprint density at radius 1 is 1.59 bits per heavy atom. The van der Waals surface area contributed by atoms with Crippen molar-refractivity contribution in [2.75, 3.05) is 0 Å². The van der Waals surface area contributed by atoms with Crippen molar-refractivity contribution in [2.24, 2.45) is 0 Å². The van der Waals surface area contributed by atoms with Crippen LogP contribution >= 0.6 is 22.9 Å². The Hall–Kier alpha value is -1.09. The van der Waals surface area contributed by atoms with Crippen molar-refractivity contribution in [2.45, 2.75) is 32.9 Å². The summed E-state index contributed by atoms with van der Waals surface area (Å²) in [6.07, 6.45) is 0. The smallest absolute Gasteiger partial charge is 0.195 e. The molecular formula is C11H13ClN4S. The SMILES string of the molecule is Cc1csc2nc(Cl)c(C(C#N)NC(C)C)n12. The number of thiazole rings is 1. The first-order valence-corrected chi connectivity index (χ1v) is 6.58. The van der Waals surface area contributed by atoms with Gasteiger partial charge in [-0.3, -0.25) is 9.72 Å². The molecule has 0 bridgehead atoms. The molecule has 0 radical (unpaired) electrons. The van der Waals surface area contributed by atoms with Gasteiger partial charge in [-0.2, -0.15) is 5.26 Å². The first-order chi connectivity index (χ1) is 8.04. The molecule has 0 amide bonds. The van der Waals surface area contributed by atoms with Crippen molar-refractivity contribution in [1.29, 1.82) is 5.26 Å². The lowest BCUT2D eigenvalue weighted by atomic mass is 10.2. The van der Waals surface area contributed by atoms with E-state index >= 15 is 0 Å². The maximum Gasteiger partial charge on any atom is 0.195 e. The Labute approximate surface area is 109 Å². The zero-order valence-corrected chi connectivity index (χ0v) is 11.4. The third-order valence-electron chi connectivity index (χ3n) is 2.43. The molecule has 2 rings (SSSR count). The Balaban J connectivity index is 2.56. The predicted molar refractivity (Wildman–Crippen MR) is 69.4 cm³/mol. The van der Waals surface area contributed by atoms with Crippen molar-refractivity contribution < 1.29 is 0 Å². The highest BCUT2D eigenvalue weighted by Gasteiger charge is 2.22. The van der Waals surface area contributed by atoms with Gasteiger partial charge in [0.15, 0.2) is 10.1 Å². The van der Waals surface area contributed by atoms with Crippen LogP contribution in [0.2, 0.25) is 5.15 Å². The molecule has 0 fully saturated rings. The summed E-state index contributed by atoms with van der Waals surface area (Å²) in [7, 11) is 0. The topological polar surface area (TPSA) is 53.1 Å². The highest BCUT2D eigenvalue weighted by atomic mass is 35.5. The van der Waals surface area contributed by atoms with Crippen LogP contribution in [0.5, 0.6) is 0 Å². The van der Waals surface area contributed by atoms with E-state index in [9.17, 15) is 5.26 Å². The highest BCUT2D eigenvalue weighted by molar-refractivity contribution is 7.15. The van der Waals surface area contributed by atoms with E-state index in [1.807, 2.05) is 30.6 Å². The molecule has 0 saturated heterocycles. The van der Waals surface area contributed by atoms with Gasteiger partial charge >= 0.3 is 0 Å². The van der Waals surface area contributed by atoms with E-state index in [0.29, 0.717) is 5.15 Å². The highest BCUT2D eigenvalue weighted by Crippen LogP contribution is 2.28. The van der Waals surface area contributed by atoms with Crippen LogP contribution in [-0.4, -0.2) is 15.4 Å². The van der Waals surface area contributed by atoms with Crippen LogP contribution in [0, 0.1) is 18.3 Å². The molecule has 90 valence electrons. The molecule has 1 unspecified atom stereocenters. The van der Waals surface area contributed by atoms with E-state index in [0.717, 1.165) is 16.3 Å². The molecule has 6 heteroatoms. The summed E-state index contributed by atoms with van der Waals surface area (Å²) < 4.78 is 1.94. The number of aryl methyl sites for hydroxylation is 1. The lowest BCUT2D eigenvalue weighted by Crippen LogP contribution is -2.28. The van der Waals surface area contributed by atoms with E-state index in [4.69, 9.17) is 11.6 Å². The third kappa shape index (κ3) is 2.16. The summed E-state index contributed by atoms with van der Waals surface area (Å²) in [5.74, 6) is 0. The summed E-state index contributed by atoms with van der Waals surface area (Å²) in [4.78, 5) is 5.09. The number of nitriles is 1. The van der Waals surface area contributed by atoms with E-state index in [2.05, 4.69) is 16.4 Å². The van der Waals surface area contributed by atoms with Crippen LogP contribution in [0.1, 0.15) is 31.3 Å². The number of fused-ring (bicyclic) bond motifs is 1. The van der Waals surface area contributed by atoms with Crippen LogP contribution in [0.4, 0.5) is 0 Å². The van der Waals surface area contributed by atoms with Crippen molar-refractivity contribution in [3.63, 3.8) is 0 Å². The van der Waals surface area contributed by atoms with E-state index < -0.39 is 6.04 Å².